The van der Waals surface area contributed by atoms with Crippen LogP contribution in [0, 0.1) is 22.7 Å². The van der Waals surface area contributed by atoms with E-state index in [0.29, 0.717) is 25.2 Å². The van der Waals surface area contributed by atoms with Crippen LogP contribution in [0.2, 0.25) is 0 Å². The summed E-state index contributed by atoms with van der Waals surface area (Å²) in [6.45, 7) is 0.553. The first kappa shape index (κ1) is 21.8. The number of halogens is 2. The van der Waals surface area contributed by atoms with Crippen LogP contribution in [0.15, 0.2) is 18.7 Å². The Bertz CT molecular complexity index is 879. The van der Waals surface area contributed by atoms with E-state index in [9.17, 15) is 18.4 Å². The number of hydrogen-bond donors (Lipinski definition) is 0. The quantitative estimate of drug-likeness (QED) is 0.565. The molecule has 0 aromatic carbocycles. The molecule has 0 saturated heterocycles. The molecule has 6 nitrogen and oxygen atoms in total. The molecule has 6 rings (SSSR count). The first-order valence-electron chi connectivity index (χ1n) is 11.9. The molecule has 0 spiro atoms. The molecular weight excluding hydrogens is 418 g/mol. The van der Waals surface area contributed by atoms with Gasteiger partial charge in [0.2, 0.25) is 0 Å². The topological polar surface area (TPSA) is 70.4 Å². The van der Waals surface area contributed by atoms with Gasteiger partial charge in [-0.3, -0.25) is 0 Å². The SMILES string of the molecule is CC(F)(F)C(=O)OCC12CC3CC(OC(=O)n4ccnc4)(C1)CC(C1CCCCC1)(C3)C2. The number of rotatable bonds is 5. The molecule has 1 aromatic rings. The number of carbonyl (C=O) groups excluding carboxylic acids is 2. The highest BCUT2D eigenvalue weighted by Crippen LogP contribution is 2.71. The predicted molar refractivity (Wildman–Crippen MR) is 111 cm³/mol. The molecule has 0 aliphatic heterocycles. The van der Waals surface area contributed by atoms with Gasteiger partial charge in [-0.15, -0.1) is 0 Å². The Hall–Kier alpha value is -1.99. The Kier molecular flexibility index (Phi) is 5.13. The fourth-order valence-electron chi connectivity index (χ4n) is 8.02. The monoisotopic (exact) mass is 450 g/mol. The molecule has 8 heteroatoms. The van der Waals surface area contributed by atoms with Crippen LogP contribution < -0.4 is 0 Å². The van der Waals surface area contributed by atoms with Crippen LogP contribution in [-0.4, -0.2) is 39.7 Å². The summed E-state index contributed by atoms with van der Waals surface area (Å²) >= 11 is 0. The van der Waals surface area contributed by atoms with Gasteiger partial charge < -0.3 is 9.47 Å². The lowest BCUT2D eigenvalue weighted by Crippen LogP contribution is -2.64. The van der Waals surface area contributed by atoms with E-state index < -0.39 is 29.0 Å². The van der Waals surface area contributed by atoms with E-state index in [1.807, 2.05) is 0 Å². The summed E-state index contributed by atoms with van der Waals surface area (Å²) < 4.78 is 39.7. The first-order valence-corrected chi connectivity index (χ1v) is 11.9. The second-order valence-electron chi connectivity index (χ2n) is 11.2. The number of alkyl halides is 2. The van der Waals surface area contributed by atoms with Gasteiger partial charge in [-0.2, -0.15) is 8.78 Å². The third kappa shape index (κ3) is 3.83. The van der Waals surface area contributed by atoms with Crippen molar-refractivity contribution in [3.63, 3.8) is 0 Å². The molecule has 5 aliphatic rings. The minimum Gasteiger partial charge on any atom is -0.461 e. The minimum atomic E-state index is -3.51. The van der Waals surface area contributed by atoms with Crippen molar-refractivity contribution in [1.82, 2.24) is 9.55 Å². The van der Waals surface area contributed by atoms with Crippen molar-refractivity contribution in [2.75, 3.05) is 6.61 Å². The Morgan fingerprint density at radius 2 is 1.91 bits per heavy atom. The summed E-state index contributed by atoms with van der Waals surface area (Å²) in [7, 11) is 0. The van der Waals surface area contributed by atoms with Crippen molar-refractivity contribution in [1.29, 1.82) is 0 Å². The molecule has 1 heterocycles. The highest BCUT2D eigenvalue weighted by Gasteiger charge is 2.67. The van der Waals surface area contributed by atoms with Crippen molar-refractivity contribution >= 4 is 12.1 Å². The molecule has 5 fully saturated rings. The zero-order valence-electron chi connectivity index (χ0n) is 18.7. The molecule has 0 radical (unpaired) electrons. The van der Waals surface area contributed by atoms with Crippen molar-refractivity contribution in [3.05, 3.63) is 18.7 Å². The maximum Gasteiger partial charge on any atom is 0.419 e. The zero-order valence-corrected chi connectivity index (χ0v) is 18.7. The Labute approximate surface area is 187 Å². The van der Waals surface area contributed by atoms with E-state index in [1.165, 1.54) is 49.2 Å². The lowest BCUT2D eigenvalue weighted by molar-refractivity contribution is -0.232. The fraction of sp³-hybridized carbons (Fsp3) is 0.792. The number of hydrogen-bond acceptors (Lipinski definition) is 5. The number of nitrogens with zero attached hydrogens (tertiary/aromatic N) is 2. The summed E-state index contributed by atoms with van der Waals surface area (Å²) in [5.41, 5.74) is -1.03. The van der Waals surface area contributed by atoms with Crippen LogP contribution in [0.3, 0.4) is 0 Å². The van der Waals surface area contributed by atoms with Gasteiger partial charge in [-0.1, -0.05) is 19.3 Å². The maximum absolute atomic E-state index is 13.5. The Morgan fingerprint density at radius 1 is 1.12 bits per heavy atom. The van der Waals surface area contributed by atoms with Gasteiger partial charge in [-0.25, -0.2) is 19.1 Å². The standard InChI is InChI=1S/C24H32F2N2O4/c1-21(25,26)19(29)31-15-22-9-17-10-23(12-22,18-5-3-2-4-6-18)14-24(11-17,13-22)32-20(30)28-8-7-27-16-28/h7-8,16-18H,2-6,9-15H2,1H3. The van der Waals surface area contributed by atoms with E-state index in [4.69, 9.17) is 9.47 Å². The van der Waals surface area contributed by atoms with Crippen LogP contribution >= 0.6 is 0 Å². The summed E-state index contributed by atoms with van der Waals surface area (Å²) in [4.78, 5) is 28.7. The molecule has 5 saturated carbocycles. The number of imidazole rings is 1. The smallest absolute Gasteiger partial charge is 0.419 e. The number of carbonyl (C=O) groups is 2. The van der Waals surface area contributed by atoms with Crippen LogP contribution in [0.4, 0.5) is 13.6 Å². The number of aromatic nitrogens is 2. The van der Waals surface area contributed by atoms with Gasteiger partial charge in [-0.05, 0) is 68.6 Å². The Morgan fingerprint density at radius 3 is 2.59 bits per heavy atom. The maximum atomic E-state index is 13.5. The van der Waals surface area contributed by atoms with Crippen LogP contribution in [0.5, 0.6) is 0 Å². The first-order chi connectivity index (χ1) is 15.1. The van der Waals surface area contributed by atoms with Crippen LogP contribution in [0.1, 0.15) is 77.6 Å². The summed E-state index contributed by atoms with van der Waals surface area (Å²) in [6.07, 6.45) is 15.1. The van der Waals surface area contributed by atoms with Crippen LogP contribution in [-0.2, 0) is 14.3 Å². The molecule has 5 aliphatic carbocycles. The Balaban J connectivity index is 1.44. The van der Waals surface area contributed by atoms with Crippen LogP contribution in [0.25, 0.3) is 0 Å². The minimum absolute atomic E-state index is 0.0232. The van der Waals surface area contributed by atoms with Gasteiger partial charge >= 0.3 is 18.0 Å². The van der Waals surface area contributed by atoms with Crippen molar-refractivity contribution in [2.45, 2.75) is 89.1 Å². The molecule has 176 valence electrons. The highest BCUT2D eigenvalue weighted by molar-refractivity contribution is 5.77. The van der Waals surface area contributed by atoms with Gasteiger partial charge in [0.15, 0.2) is 0 Å². The van der Waals surface area contributed by atoms with Gasteiger partial charge in [0.25, 0.3) is 0 Å². The molecule has 1 aromatic heterocycles. The van der Waals surface area contributed by atoms with Gasteiger partial charge in [0.05, 0.1) is 6.61 Å². The second kappa shape index (κ2) is 7.52. The van der Waals surface area contributed by atoms with E-state index in [-0.39, 0.29) is 12.0 Å². The molecule has 32 heavy (non-hydrogen) atoms. The van der Waals surface area contributed by atoms with Gasteiger partial charge in [0, 0.05) is 24.7 Å². The fourth-order valence-corrected chi connectivity index (χ4v) is 8.02. The third-order valence-electron chi connectivity index (χ3n) is 8.53. The van der Waals surface area contributed by atoms with E-state index in [1.54, 1.807) is 6.20 Å². The molecule has 4 atom stereocenters. The van der Waals surface area contributed by atoms with Crippen molar-refractivity contribution in [2.24, 2.45) is 22.7 Å². The number of esters is 1. The number of ether oxygens (including phenoxy) is 2. The zero-order chi connectivity index (χ0) is 22.6. The summed E-state index contributed by atoms with van der Waals surface area (Å²) in [5, 5.41) is 0. The van der Waals surface area contributed by atoms with E-state index in [2.05, 4.69) is 4.98 Å². The lowest BCUT2D eigenvalue weighted by Gasteiger charge is -2.67. The van der Waals surface area contributed by atoms with Crippen molar-refractivity contribution in [3.8, 4) is 0 Å². The largest absolute Gasteiger partial charge is 0.461 e. The average molecular weight is 451 g/mol. The summed E-state index contributed by atoms with van der Waals surface area (Å²) in [6, 6.07) is 0. The van der Waals surface area contributed by atoms with Gasteiger partial charge in [0.1, 0.15) is 11.9 Å². The highest BCUT2D eigenvalue weighted by atomic mass is 19.3. The molecule has 0 amide bonds. The third-order valence-corrected chi connectivity index (χ3v) is 8.53. The molecule has 4 unspecified atom stereocenters. The lowest BCUT2D eigenvalue weighted by atomic mass is 9.39. The molecule has 4 bridgehead atoms. The average Bonchev–Trinajstić information content (AvgIpc) is 3.26. The summed E-state index contributed by atoms with van der Waals surface area (Å²) in [5.74, 6) is -4.07. The predicted octanol–water partition coefficient (Wildman–Crippen LogP) is 5.36. The van der Waals surface area contributed by atoms with E-state index in [0.717, 1.165) is 32.1 Å². The molecule has 0 N–H and O–H groups in total. The van der Waals surface area contributed by atoms with E-state index >= 15 is 0 Å². The second-order valence-corrected chi connectivity index (χ2v) is 11.2. The normalized spacial score (nSPS) is 36.8. The van der Waals surface area contributed by atoms with Crippen molar-refractivity contribution < 1.29 is 27.8 Å². The molecular formula is C24H32F2N2O4.